The number of carbonyl (C=O) groups is 1. The minimum Gasteiger partial charge on any atom is -0.394 e. The van der Waals surface area contributed by atoms with Crippen molar-refractivity contribution in [3.8, 4) is 0 Å². The summed E-state index contributed by atoms with van der Waals surface area (Å²) in [5.74, 6) is 2.16. The van der Waals surface area contributed by atoms with Crippen molar-refractivity contribution in [1.29, 1.82) is 0 Å². The molecule has 0 saturated heterocycles. The highest BCUT2D eigenvalue weighted by atomic mass is 16.3. The highest BCUT2D eigenvalue weighted by Crippen LogP contribution is 2.47. The van der Waals surface area contributed by atoms with Crippen molar-refractivity contribution in [2.45, 2.75) is 70.9 Å². The number of carbonyl (C=O) groups excluding carboxylic acids is 1. The molecule has 3 atom stereocenters. The van der Waals surface area contributed by atoms with Gasteiger partial charge in [-0.2, -0.15) is 0 Å². The van der Waals surface area contributed by atoms with Gasteiger partial charge in [0.05, 0.1) is 12.6 Å². The first-order valence-electron chi connectivity index (χ1n) is 8.16. The zero-order chi connectivity index (χ0) is 14.8. The second-order valence-electron chi connectivity index (χ2n) is 7.33. The number of rotatable bonds is 4. The summed E-state index contributed by atoms with van der Waals surface area (Å²) in [5, 5.41) is 15.4. The van der Waals surface area contributed by atoms with Crippen LogP contribution in [0.5, 0.6) is 0 Å². The minimum atomic E-state index is -0.135. The second-order valence-corrected chi connectivity index (χ2v) is 7.33. The fourth-order valence-electron chi connectivity index (χ4n) is 4.60. The largest absolute Gasteiger partial charge is 0.394 e. The van der Waals surface area contributed by atoms with E-state index in [2.05, 4.69) is 24.5 Å². The molecule has 0 aromatic rings. The van der Waals surface area contributed by atoms with Crippen molar-refractivity contribution < 1.29 is 9.90 Å². The van der Waals surface area contributed by atoms with Gasteiger partial charge in [0.2, 0.25) is 0 Å². The van der Waals surface area contributed by atoms with Crippen LogP contribution in [-0.4, -0.2) is 29.3 Å². The third-order valence-corrected chi connectivity index (χ3v) is 5.06. The molecule has 0 aromatic heterocycles. The number of fused-ring (bicyclic) bond motifs is 2. The second kappa shape index (κ2) is 6.33. The third-order valence-electron chi connectivity index (χ3n) is 5.06. The summed E-state index contributed by atoms with van der Waals surface area (Å²) in [6, 6.07) is -0.239. The molecule has 2 unspecified atom stereocenters. The standard InChI is InChI=1S/C16H30N2O2/c1-4-14(10-19)17-15(20)18-16-7-11(2)5-13(9-16)6-12(3)8-16/h11-14,19H,4-10H2,1-3H3,(H2,17,18,20)/t11?,12?,13?,14-,16?/m0/s1. The molecule has 2 bridgehead atoms. The van der Waals surface area contributed by atoms with Crippen LogP contribution in [0.25, 0.3) is 0 Å². The molecule has 0 spiro atoms. The maximum atomic E-state index is 12.2. The first-order chi connectivity index (χ1) is 9.46. The van der Waals surface area contributed by atoms with Gasteiger partial charge in [-0.1, -0.05) is 20.8 Å². The van der Waals surface area contributed by atoms with E-state index < -0.39 is 0 Å². The molecule has 0 radical (unpaired) electrons. The van der Waals surface area contributed by atoms with Crippen molar-refractivity contribution in [3.63, 3.8) is 0 Å². The smallest absolute Gasteiger partial charge is 0.315 e. The minimum absolute atomic E-state index is 0.00630. The third kappa shape index (κ3) is 3.66. The number of aliphatic hydroxyl groups is 1. The van der Waals surface area contributed by atoms with E-state index in [0.29, 0.717) is 11.8 Å². The van der Waals surface area contributed by atoms with Crippen LogP contribution in [0.15, 0.2) is 0 Å². The Kier molecular flexibility index (Phi) is 4.95. The van der Waals surface area contributed by atoms with Crippen molar-refractivity contribution in [1.82, 2.24) is 10.6 Å². The summed E-state index contributed by atoms with van der Waals surface area (Å²) < 4.78 is 0. The Morgan fingerprint density at radius 2 is 1.85 bits per heavy atom. The fraction of sp³-hybridized carbons (Fsp3) is 0.938. The Hall–Kier alpha value is -0.770. The van der Waals surface area contributed by atoms with E-state index >= 15 is 0 Å². The number of urea groups is 1. The molecule has 4 nitrogen and oxygen atoms in total. The van der Waals surface area contributed by atoms with Crippen molar-refractivity contribution >= 4 is 6.03 Å². The summed E-state index contributed by atoms with van der Waals surface area (Å²) in [6.45, 7) is 6.59. The van der Waals surface area contributed by atoms with Gasteiger partial charge in [-0.15, -0.1) is 0 Å². The van der Waals surface area contributed by atoms with Gasteiger partial charge in [0, 0.05) is 5.54 Å². The quantitative estimate of drug-likeness (QED) is 0.742. The van der Waals surface area contributed by atoms with Gasteiger partial charge in [-0.25, -0.2) is 4.79 Å². The first-order valence-corrected chi connectivity index (χ1v) is 8.16. The van der Waals surface area contributed by atoms with Gasteiger partial charge in [-0.3, -0.25) is 0 Å². The van der Waals surface area contributed by atoms with E-state index in [1.807, 2.05) is 6.92 Å². The number of amides is 2. The van der Waals surface area contributed by atoms with Gasteiger partial charge >= 0.3 is 6.03 Å². The number of aliphatic hydroxyl groups excluding tert-OH is 1. The maximum Gasteiger partial charge on any atom is 0.315 e. The molecule has 20 heavy (non-hydrogen) atoms. The van der Waals surface area contributed by atoms with Gasteiger partial charge in [0.1, 0.15) is 0 Å². The average molecular weight is 282 g/mol. The molecule has 2 amide bonds. The van der Waals surface area contributed by atoms with Crippen molar-refractivity contribution in [2.24, 2.45) is 17.8 Å². The lowest BCUT2D eigenvalue weighted by Gasteiger charge is -2.50. The van der Waals surface area contributed by atoms with Crippen LogP contribution in [0, 0.1) is 17.8 Å². The molecule has 0 heterocycles. The molecule has 2 aliphatic rings. The summed E-state index contributed by atoms with van der Waals surface area (Å²) in [6.07, 6.45) is 6.69. The first kappa shape index (κ1) is 15.6. The van der Waals surface area contributed by atoms with Crippen LogP contribution in [0.3, 0.4) is 0 Å². The molecule has 116 valence electrons. The predicted molar refractivity (Wildman–Crippen MR) is 80.5 cm³/mol. The Labute approximate surface area is 122 Å². The lowest BCUT2D eigenvalue weighted by atomic mass is 9.61. The Balaban J connectivity index is 1.99. The van der Waals surface area contributed by atoms with Gasteiger partial charge in [-0.05, 0) is 56.3 Å². The highest BCUT2D eigenvalue weighted by molar-refractivity contribution is 5.75. The molecule has 0 aliphatic heterocycles. The van der Waals surface area contributed by atoms with Crippen LogP contribution in [0.4, 0.5) is 4.79 Å². The van der Waals surface area contributed by atoms with Gasteiger partial charge in [0.15, 0.2) is 0 Å². The van der Waals surface area contributed by atoms with Crippen LogP contribution in [-0.2, 0) is 0 Å². The zero-order valence-electron chi connectivity index (χ0n) is 13.1. The van der Waals surface area contributed by atoms with E-state index in [1.54, 1.807) is 0 Å². The summed E-state index contributed by atoms with van der Waals surface area (Å²) in [7, 11) is 0. The Morgan fingerprint density at radius 3 is 2.35 bits per heavy atom. The van der Waals surface area contributed by atoms with Gasteiger partial charge in [0.25, 0.3) is 0 Å². The number of hydrogen-bond donors (Lipinski definition) is 3. The fourth-order valence-corrected chi connectivity index (χ4v) is 4.60. The molecular weight excluding hydrogens is 252 g/mol. The van der Waals surface area contributed by atoms with Crippen LogP contribution < -0.4 is 10.6 Å². The summed E-state index contributed by atoms with van der Waals surface area (Å²) >= 11 is 0. The van der Waals surface area contributed by atoms with Gasteiger partial charge < -0.3 is 15.7 Å². The normalized spacial score (nSPS) is 38.1. The molecule has 0 aromatic carbocycles. The topological polar surface area (TPSA) is 61.4 Å². The van der Waals surface area contributed by atoms with Crippen molar-refractivity contribution in [2.75, 3.05) is 6.61 Å². The molecule has 2 fully saturated rings. The predicted octanol–water partition coefficient (Wildman–Crippen LogP) is 2.66. The van der Waals surface area contributed by atoms with Crippen molar-refractivity contribution in [3.05, 3.63) is 0 Å². The van der Waals surface area contributed by atoms with Crippen LogP contribution in [0.1, 0.15) is 59.3 Å². The Bertz CT molecular complexity index is 322. The van der Waals surface area contributed by atoms with E-state index in [1.165, 1.54) is 12.8 Å². The monoisotopic (exact) mass is 282 g/mol. The summed E-state index contributed by atoms with van der Waals surface area (Å²) in [5.41, 5.74) is -0.0160. The lowest BCUT2D eigenvalue weighted by molar-refractivity contribution is 0.0617. The molecule has 2 rings (SSSR count). The SMILES string of the molecule is CC[C@@H](CO)NC(=O)NC12CC(C)CC(CC(C)C1)C2. The van der Waals surface area contributed by atoms with E-state index in [9.17, 15) is 9.90 Å². The van der Waals surface area contributed by atoms with E-state index in [4.69, 9.17) is 0 Å². The van der Waals surface area contributed by atoms with Crippen LogP contribution in [0.2, 0.25) is 0 Å². The maximum absolute atomic E-state index is 12.2. The molecule has 4 heteroatoms. The lowest BCUT2D eigenvalue weighted by Crippen LogP contribution is -2.59. The number of hydrogen-bond acceptors (Lipinski definition) is 2. The van der Waals surface area contributed by atoms with E-state index in [-0.39, 0.29) is 24.2 Å². The molecule has 3 N–H and O–H groups in total. The molecular formula is C16H30N2O2. The van der Waals surface area contributed by atoms with E-state index in [0.717, 1.165) is 31.6 Å². The summed E-state index contributed by atoms with van der Waals surface area (Å²) in [4.78, 5) is 12.2. The zero-order valence-corrected chi connectivity index (χ0v) is 13.1. The Morgan fingerprint density at radius 1 is 1.25 bits per heavy atom. The van der Waals surface area contributed by atoms with Crippen LogP contribution >= 0.6 is 0 Å². The molecule has 2 aliphatic carbocycles. The molecule has 2 saturated carbocycles. The number of nitrogens with one attached hydrogen (secondary N) is 2. The average Bonchev–Trinajstić information content (AvgIpc) is 2.33. The highest BCUT2D eigenvalue weighted by Gasteiger charge is 2.45.